The van der Waals surface area contributed by atoms with E-state index in [1.807, 2.05) is 26.0 Å². The molecule has 90 valence electrons. The van der Waals surface area contributed by atoms with E-state index in [1.165, 1.54) is 5.56 Å². The third-order valence-corrected chi connectivity index (χ3v) is 2.84. The first-order chi connectivity index (χ1) is 7.56. The second-order valence-corrected chi connectivity index (χ2v) is 4.61. The van der Waals surface area contributed by atoms with Crippen LogP contribution in [0.2, 0.25) is 0 Å². The van der Waals surface area contributed by atoms with E-state index in [4.69, 9.17) is 0 Å². The average Bonchev–Trinajstić information content (AvgIpc) is 2.26. The van der Waals surface area contributed by atoms with Crippen molar-refractivity contribution in [2.45, 2.75) is 46.1 Å². The van der Waals surface area contributed by atoms with Gasteiger partial charge in [0.2, 0.25) is 0 Å². The van der Waals surface area contributed by atoms with E-state index in [0.717, 1.165) is 18.5 Å². The van der Waals surface area contributed by atoms with Gasteiger partial charge in [-0.1, -0.05) is 32.9 Å². The van der Waals surface area contributed by atoms with E-state index in [2.05, 4.69) is 19.2 Å². The Balaban J connectivity index is 2.85. The first-order valence-corrected chi connectivity index (χ1v) is 6.09. The molecular formula is C14H22FN. The van der Waals surface area contributed by atoms with Crippen molar-refractivity contribution >= 4 is 0 Å². The molecule has 1 aromatic rings. The Labute approximate surface area is 98.1 Å². The molecule has 0 aliphatic rings. The van der Waals surface area contributed by atoms with Crippen molar-refractivity contribution in [3.63, 3.8) is 0 Å². The maximum atomic E-state index is 13.5. The van der Waals surface area contributed by atoms with Gasteiger partial charge in [-0.3, -0.25) is 0 Å². The molecule has 1 rings (SSSR count). The zero-order valence-corrected chi connectivity index (χ0v) is 10.7. The lowest BCUT2D eigenvalue weighted by molar-refractivity contribution is 0.562. The maximum absolute atomic E-state index is 13.5. The number of nitrogens with one attached hydrogen (secondary N) is 1. The van der Waals surface area contributed by atoms with Crippen LogP contribution >= 0.6 is 0 Å². The van der Waals surface area contributed by atoms with Crippen LogP contribution in [0.15, 0.2) is 18.2 Å². The van der Waals surface area contributed by atoms with Gasteiger partial charge in [0.25, 0.3) is 0 Å². The summed E-state index contributed by atoms with van der Waals surface area (Å²) in [5.41, 5.74) is 1.97. The smallest absolute Gasteiger partial charge is 0.126 e. The van der Waals surface area contributed by atoms with Crippen molar-refractivity contribution in [2.24, 2.45) is 0 Å². The summed E-state index contributed by atoms with van der Waals surface area (Å²) in [7, 11) is 0. The number of halogens is 1. The van der Waals surface area contributed by atoms with Crippen LogP contribution in [-0.2, 0) is 0 Å². The monoisotopic (exact) mass is 223 g/mol. The molecule has 0 aliphatic heterocycles. The Hall–Kier alpha value is -0.890. The molecule has 1 unspecified atom stereocenters. The van der Waals surface area contributed by atoms with Gasteiger partial charge >= 0.3 is 0 Å². The summed E-state index contributed by atoms with van der Waals surface area (Å²) in [6.07, 6.45) is 1.11. The Morgan fingerprint density at radius 3 is 2.50 bits per heavy atom. The molecule has 0 aliphatic carbocycles. The zero-order valence-electron chi connectivity index (χ0n) is 10.7. The molecule has 1 nitrogen and oxygen atoms in total. The van der Waals surface area contributed by atoms with Crippen LogP contribution in [-0.4, -0.2) is 6.54 Å². The minimum absolute atomic E-state index is 0.0959. The minimum Gasteiger partial charge on any atom is -0.310 e. The molecule has 0 bridgehead atoms. The predicted molar refractivity (Wildman–Crippen MR) is 67.2 cm³/mol. The number of hydrogen-bond acceptors (Lipinski definition) is 1. The lowest BCUT2D eigenvalue weighted by Gasteiger charge is -2.16. The molecule has 1 aromatic carbocycles. The van der Waals surface area contributed by atoms with Gasteiger partial charge in [0.05, 0.1) is 0 Å². The van der Waals surface area contributed by atoms with Gasteiger partial charge in [0.1, 0.15) is 5.82 Å². The van der Waals surface area contributed by atoms with Crippen LogP contribution in [0.1, 0.15) is 57.2 Å². The van der Waals surface area contributed by atoms with E-state index in [9.17, 15) is 4.39 Å². The number of hydrogen-bond donors (Lipinski definition) is 1. The Morgan fingerprint density at radius 1 is 1.25 bits per heavy atom. The zero-order chi connectivity index (χ0) is 12.1. The fraction of sp³-hybridized carbons (Fsp3) is 0.571. The SMILES string of the molecule is CCCNC(C)c1ccc(F)c(C(C)C)c1. The number of rotatable bonds is 5. The summed E-state index contributed by atoms with van der Waals surface area (Å²) in [6.45, 7) is 9.30. The first kappa shape index (κ1) is 13.2. The second kappa shape index (κ2) is 6.00. The van der Waals surface area contributed by atoms with Gasteiger partial charge in [-0.2, -0.15) is 0 Å². The van der Waals surface area contributed by atoms with E-state index in [1.54, 1.807) is 6.07 Å². The van der Waals surface area contributed by atoms with E-state index >= 15 is 0 Å². The normalized spacial score (nSPS) is 13.1. The molecule has 0 spiro atoms. The second-order valence-electron chi connectivity index (χ2n) is 4.61. The molecule has 0 amide bonds. The molecule has 16 heavy (non-hydrogen) atoms. The fourth-order valence-electron chi connectivity index (χ4n) is 1.75. The summed E-state index contributed by atoms with van der Waals surface area (Å²) in [4.78, 5) is 0. The van der Waals surface area contributed by atoms with Crippen molar-refractivity contribution in [3.05, 3.63) is 35.1 Å². The van der Waals surface area contributed by atoms with E-state index < -0.39 is 0 Å². The Bertz CT molecular complexity index is 334. The van der Waals surface area contributed by atoms with Crippen molar-refractivity contribution in [3.8, 4) is 0 Å². The summed E-state index contributed by atoms with van der Waals surface area (Å²) in [5.74, 6) is 0.139. The molecular weight excluding hydrogens is 201 g/mol. The molecule has 0 saturated heterocycles. The van der Waals surface area contributed by atoms with Crippen LogP contribution in [0.3, 0.4) is 0 Å². The van der Waals surface area contributed by atoms with Crippen LogP contribution in [0.5, 0.6) is 0 Å². The highest BCUT2D eigenvalue weighted by molar-refractivity contribution is 5.29. The van der Waals surface area contributed by atoms with Gasteiger partial charge in [0.15, 0.2) is 0 Å². The molecule has 1 N–H and O–H groups in total. The molecule has 0 saturated carbocycles. The first-order valence-electron chi connectivity index (χ1n) is 6.09. The van der Waals surface area contributed by atoms with Crippen LogP contribution in [0.4, 0.5) is 4.39 Å². The highest BCUT2D eigenvalue weighted by atomic mass is 19.1. The van der Waals surface area contributed by atoms with Crippen molar-refractivity contribution in [2.75, 3.05) is 6.54 Å². The molecule has 0 radical (unpaired) electrons. The summed E-state index contributed by atoms with van der Waals surface area (Å²) >= 11 is 0. The molecule has 2 heteroatoms. The van der Waals surface area contributed by atoms with Crippen molar-refractivity contribution in [1.82, 2.24) is 5.32 Å². The lowest BCUT2D eigenvalue weighted by Crippen LogP contribution is -2.19. The van der Waals surface area contributed by atoms with Crippen molar-refractivity contribution < 1.29 is 4.39 Å². The third kappa shape index (κ3) is 3.31. The standard InChI is InChI=1S/C14H22FN/c1-5-8-16-11(4)12-6-7-14(15)13(9-12)10(2)3/h6-7,9-11,16H,5,8H2,1-4H3. The van der Waals surface area contributed by atoms with Gasteiger partial charge < -0.3 is 5.32 Å². The van der Waals surface area contributed by atoms with Crippen LogP contribution in [0, 0.1) is 5.82 Å². The van der Waals surface area contributed by atoms with Gasteiger partial charge in [-0.05, 0) is 43.0 Å². The Morgan fingerprint density at radius 2 is 1.94 bits per heavy atom. The van der Waals surface area contributed by atoms with E-state index in [0.29, 0.717) is 0 Å². The topological polar surface area (TPSA) is 12.0 Å². The molecule has 0 heterocycles. The molecule has 0 fully saturated rings. The fourth-order valence-corrected chi connectivity index (χ4v) is 1.75. The maximum Gasteiger partial charge on any atom is 0.126 e. The van der Waals surface area contributed by atoms with Crippen molar-refractivity contribution in [1.29, 1.82) is 0 Å². The van der Waals surface area contributed by atoms with Gasteiger partial charge in [-0.25, -0.2) is 4.39 Å². The average molecular weight is 223 g/mol. The summed E-state index contributed by atoms with van der Waals surface area (Å²) in [5, 5.41) is 3.41. The van der Waals surface area contributed by atoms with Gasteiger partial charge in [0, 0.05) is 6.04 Å². The van der Waals surface area contributed by atoms with Crippen LogP contribution < -0.4 is 5.32 Å². The largest absolute Gasteiger partial charge is 0.310 e. The highest BCUT2D eigenvalue weighted by Gasteiger charge is 2.10. The van der Waals surface area contributed by atoms with Gasteiger partial charge in [-0.15, -0.1) is 0 Å². The lowest BCUT2D eigenvalue weighted by atomic mass is 9.97. The van der Waals surface area contributed by atoms with Crippen LogP contribution in [0.25, 0.3) is 0 Å². The Kier molecular flexibility index (Phi) is 4.94. The minimum atomic E-state index is -0.0959. The third-order valence-electron chi connectivity index (χ3n) is 2.84. The number of benzene rings is 1. The van der Waals surface area contributed by atoms with E-state index in [-0.39, 0.29) is 17.8 Å². The predicted octanol–water partition coefficient (Wildman–Crippen LogP) is 4.01. The summed E-state index contributed by atoms with van der Waals surface area (Å²) in [6, 6.07) is 5.72. The summed E-state index contributed by atoms with van der Waals surface area (Å²) < 4.78 is 13.5. The highest BCUT2D eigenvalue weighted by Crippen LogP contribution is 2.22. The molecule has 0 aromatic heterocycles. The molecule has 1 atom stereocenters. The quantitative estimate of drug-likeness (QED) is 0.795.